The number of carboxylic acid groups (broad SMARTS) is 1. The Kier molecular flexibility index (Phi) is 6.84. The van der Waals surface area contributed by atoms with Crippen LogP contribution in [-0.2, 0) is 0 Å². The van der Waals surface area contributed by atoms with Crippen LogP contribution < -0.4 is 0 Å². The molecule has 0 radical (unpaired) electrons. The SMILES string of the molecule is Cc1cc(C(=O)O)c(Cl)nn1.Cl.Cl. The standard InChI is InChI=1S/C6H5ClN2O2.2ClH/c1-3-2-4(6(10)11)5(7)9-8-3;;/h2H,1H3,(H,10,11);2*1H. The highest BCUT2D eigenvalue weighted by atomic mass is 35.5. The number of aromatic nitrogens is 2. The number of hydrogen-bond acceptors (Lipinski definition) is 3. The average molecular weight is 245 g/mol. The zero-order valence-electron chi connectivity index (χ0n) is 6.52. The zero-order chi connectivity index (χ0) is 8.43. The van der Waals surface area contributed by atoms with Crippen LogP contribution in [0.25, 0.3) is 0 Å². The van der Waals surface area contributed by atoms with Crippen LogP contribution >= 0.6 is 36.4 Å². The average Bonchev–Trinajstić information content (AvgIpc) is 1.94. The van der Waals surface area contributed by atoms with Crippen molar-refractivity contribution in [3.05, 3.63) is 22.5 Å². The number of nitrogens with zero attached hydrogens (tertiary/aromatic N) is 2. The number of hydrogen-bond donors (Lipinski definition) is 1. The van der Waals surface area contributed by atoms with Gasteiger partial charge in [-0.05, 0) is 13.0 Å². The highest BCUT2D eigenvalue weighted by Gasteiger charge is 2.09. The molecule has 0 aromatic carbocycles. The molecule has 4 nitrogen and oxygen atoms in total. The summed E-state index contributed by atoms with van der Waals surface area (Å²) in [5.41, 5.74) is 0.519. The van der Waals surface area contributed by atoms with Gasteiger partial charge in [-0.1, -0.05) is 11.6 Å². The minimum atomic E-state index is -1.09. The van der Waals surface area contributed by atoms with Gasteiger partial charge in [0.05, 0.1) is 5.69 Å². The maximum absolute atomic E-state index is 10.4. The predicted octanol–water partition coefficient (Wildman–Crippen LogP) is 1.98. The van der Waals surface area contributed by atoms with Gasteiger partial charge >= 0.3 is 5.97 Å². The Bertz CT molecular complexity index is 306. The molecule has 0 fully saturated rings. The highest BCUT2D eigenvalue weighted by molar-refractivity contribution is 6.32. The Hall–Kier alpha value is -0.580. The molecule has 74 valence electrons. The molecule has 0 bridgehead atoms. The molecule has 0 spiro atoms. The van der Waals surface area contributed by atoms with Crippen molar-refractivity contribution in [3.63, 3.8) is 0 Å². The lowest BCUT2D eigenvalue weighted by Gasteiger charge is -1.96. The molecule has 13 heavy (non-hydrogen) atoms. The second-order valence-corrected chi connectivity index (χ2v) is 2.35. The number of rotatable bonds is 1. The van der Waals surface area contributed by atoms with E-state index in [0.29, 0.717) is 5.69 Å². The molecule has 0 aliphatic heterocycles. The molecular formula is C6H7Cl3N2O2. The number of aromatic carboxylic acids is 1. The van der Waals surface area contributed by atoms with Crippen molar-refractivity contribution in [2.24, 2.45) is 0 Å². The zero-order valence-corrected chi connectivity index (χ0v) is 8.91. The van der Waals surface area contributed by atoms with E-state index in [1.54, 1.807) is 6.92 Å². The normalized spacial score (nSPS) is 8.15. The largest absolute Gasteiger partial charge is 0.478 e. The van der Waals surface area contributed by atoms with Crippen molar-refractivity contribution in [1.82, 2.24) is 10.2 Å². The molecule has 0 saturated heterocycles. The lowest BCUT2D eigenvalue weighted by Crippen LogP contribution is -2.01. The second-order valence-electron chi connectivity index (χ2n) is 2.00. The van der Waals surface area contributed by atoms with E-state index in [1.165, 1.54) is 6.07 Å². The Morgan fingerprint density at radius 1 is 1.46 bits per heavy atom. The Morgan fingerprint density at radius 2 is 2.00 bits per heavy atom. The topological polar surface area (TPSA) is 63.1 Å². The van der Waals surface area contributed by atoms with Crippen molar-refractivity contribution < 1.29 is 9.90 Å². The van der Waals surface area contributed by atoms with Crippen LogP contribution in [0.1, 0.15) is 16.1 Å². The van der Waals surface area contributed by atoms with Gasteiger partial charge in [-0.2, -0.15) is 5.10 Å². The first-order valence-corrected chi connectivity index (χ1v) is 3.22. The lowest BCUT2D eigenvalue weighted by atomic mass is 10.3. The molecule has 1 heterocycles. The van der Waals surface area contributed by atoms with Gasteiger partial charge in [0.1, 0.15) is 5.56 Å². The fourth-order valence-electron chi connectivity index (χ4n) is 0.624. The number of carbonyl (C=O) groups is 1. The summed E-state index contributed by atoms with van der Waals surface area (Å²) < 4.78 is 0. The Labute approximate surface area is 92.1 Å². The van der Waals surface area contributed by atoms with Gasteiger partial charge in [0, 0.05) is 0 Å². The van der Waals surface area contributed by atoms with Crippen LogP contribution in [0.3, 0.4) is 0 Å². The molecule has 1 aromatic rings. The van der Waals surface area contributed by atoms with Crippen LogP contribution in [0, 0.1) is 6.92 Å². The number of carboxylic acids is 1. The van der Waals surface area contributed by atoms with Crippen LogP contribution in [0.2, 0.25) is 5.15 Å². The molecule has 0 aliphatic carbocycles. The van der Waals surface area contributed by atoms with E-state index >= 15 is 0 Å². The summed E-state index contributed by atoms with van der Waals surface area (Å²) in [6.45, 7) is 1.65. The van der Waals surface area contributed by atoms with Gasteiger partial charge in [-0.15, -0.1) is 29.9 Å². The van der Waals surface area contributed by atoms with Gasteiger partial charge in [0.15, 0.2) is 5.15 Å². The Morgan fingerprint density at radius 3 is 2.38 bits per heavy atom. The molecular weight excluding hydrogens is 238 g/mol. The minimum Gasteiger partial charge on any atom is -0.478 e. The van der Waals surface area contributed by atoms with Gasteiger partial charge in [0.25, 0.3) is 0 Å². The Balaban J connectivity index is 0. The maximum atomic E-state index is 10.4. The third-order valence-corrected chi connectivity index (χ3v) is 1.38. The molecule has 0 unspecified atom stereocenters. The van der Waals surface area contributed by atoms with E-state index in [0.717, 1.165) is 0 Å². The quantitative estimate of drug-likeness (QED) is 0.822. The molecule has 0 amide bonds. The van der Waals surface area contributed by atoms with E-state index in [1.807, 2.05) is 0 Å². The smallest absolute Gasteiger partial charge is 0.338 e. The van der Waals surface area contributed by atoms with Gasteiger partial charge in [-0.25, -0.2) is 4.79 Å². The first kappa shape index (κ1) is 14.9. The van der Waals surface area contributed by atoms with Crippen LogP contribution in [0.5, 0.6) is 0 Å². The summed E-state index contributed by atoms with van der Waals surface area (Å²) in [6, 6.07) is 1.37. The van der Waals surface area contributed by atoms with Crippen molar-refractivity contribution in [2.75, 3.05) is 0 Å². The molecule has 0 saturated carbocycles. The van der Waals surface area contributed by atoms with Crippen molar-refractivity contribution in [2.45, 2.75) is 6.92 Å². The summed E-state index contributed by atoms with van der Waals surface area (Å²) in [5, 5.41) is 15.5. The summed E-state index contributed by atoms with van der Waals surface area (Å²) in [7, 11) is 0. The minimum absolute atomic E-state index is 0. The lowest BCUT2D eigenvalue weighted by molar-refractivity contribution is 0.0696. The van der Waals surface area contributed by atoms with Crippen molar-refractivity contribution >= 4 is 42.4 Å². The van der Waals surface area contributed by atoms with Gasteiger partial charge in [-0.3, -0.25) is 0 Å². The third kappa shape index (κ3) is 3.76. The summed E-state index contributed by atoms with van der Waals surface area (Å²) >= 11 is 5.44. The first-order chi connectivity index (χ1) is 5.11. The monoisotopic (exact) mass is 244 g/mol. The van der Waals surface area contributed by atoms with E-state index in [4.69, 9.17) is 16.7 Å². The third-order valence-electron chi connectivity index (χ3n) is 1.10. The molecule has 0 atom stereocenters. The van der Waals surface area contributed by atoms with Gasteiger partial charge < -0.3 is 5.11 Å². The fraction of sp³-hybridized carbons (Fsp3) is 0.167. The summed E-state index contributed by atoms with van der Waals surface area (Å²) in [6.07, 6.45) is 0. The molecule has 1 aromatic heterocycles. The number of aryl methyl sites for hydroxylation is 1. The van der Waals surface area contributed by atoms with E-state index in [9.17, 15) is 4.79 Å². The van der Waals surface area contributed by atoms with Crippen LogP contribution in [0.15, 0.2) is 6.07 Å². The fourth-order valence-corrected chi connectivity index (χ4v) is 0.797. The summed E-state index contributed by atoms with van der Waals surface area (Å²) in [4.78, 5) is 10.4. The second kappa shape index (κ2) is 5.96. The number of halogens is 3. The van der Waals surface area contributed by atoms with Gasteiger partial charge in [0.2, 0.25) is 0 Å². The van der Waals surface area contributed by atoms with Crippen molar-refractivity contribution in [1.29, 1.82) is 0 Å². The molecule has 7 heteroatoms. The molecule has 0 aliphatic rings. The first-order valence-electron chi connectivity index (χ1n) is 2.84. The maximum Gasteiger partial charge on any atom is 0.338 e. The molecule has 1 rings (SSSR count). The van der Waals surface area contributed by atoms with Crippen molar-refractivity contribution in [3.8, 4) is 0 Å². The van der Waals surface area contributed by atoms with Crippen LogP contribution in [0.4, 0.5) is 0 Å². The van der Waals surface area contributed by atoms with Crippen LogP contribution in [-0.4, -0.2) is 21.3 Å². The van der Waals surface area contributed by atoms with E-state index < -0.39 is 5.97 Å². The highest BCUT2D eigenvalue weighted by Crippen LogP contribution is 2.11. The van der Waals surface area contributed by atoms with E-state index in [-0.39, 0.29) is 35.5 Å². The molecule has 1 N–H and O–H groups in total. The summed E-state index contributed by atoms with van der Waals surface area (Å²) in [5.74, 6) is -1.09. The predicted molar refractivity (Wildman–Crippen MR) is 53.2 cm³/mol. The van der Waals surface area contributed by atoms with E-state index in [2.05, 4.69) is 10.2 Å².